The molecule has 1 aliphatic rings. The van der Waals surface area contributed by atoms with E-state index in [0.29, 0.717) is 54.0 Å². The molecule has 0 saturated carbocycles. The highest BCUT2D eigenvalue weighted by Gasteiger charge is 2.14. The van der Waals surface area contributed by atoms with Gasteiger partial charge in [0.1, 0.15) is 13.2 Å². The summed E-state index contributed by atoms with van der Waals surface area (Å²) in [6, 6.07) is 11.9. The van der Waals surface area contributed by atoms with Crippen molar-refractivity contribution in [3.05, 3.63) is 53.6 Å². The zero-order valence-corrected chi connectivity index (χ0v) is 15.6. The molecule has 1 aliphatic heterocycles. The fraction of sp³-hybridized carbons (Fsp3) is 0.333. The molecule has 2 aromatic carbocycles. The zero-order valence-electron chi connectivity index (χ0n) is 15.6. The van der Waals surface area contributed by atoms with Crippen molar-refractivity contribution < 1.29 is 19.1 Å². The topological polar surface area (TPSA) is 76.7 Å². The predicted molar refractivity (Wildman–Crippen MR) is 104 cm³/mol. The van der Waals surface area contributed by atoms with Crippen LogP contribution < -0.4 is 20.1 Å². The fourth-order valence-electron chi connectivity index (χ4n) is 2.67. The lowest BCUT2D eigenvalue weighted by molar-refractivity contribution is 0.0950. The summed E-state index contributed by atoms with van der Waals surface area (Å²) in [5.41, 5.74) is 1.64. The maximum atomic E-state index is 12.4. The molecule has 0 radical (unpaired) electrons. The minimum Gasteiger partial charge on any atom is -0.486 e. The van der Waals surface area contributed by atoms with Gasteiger partial charge in [0.05, 0.1) is 0 Å². The van der Waals surface area contributed by atoms with Crippen molar-refractivity contribution in [2.24, 2.45) is 5.92 Å². The van der Waals surface area contributed by atoms with E-state index in [9.17, 15) is 9.59 Å². The van der Waals surface area contributed by atoms with Crippen LogP contribution in [0.4, 0.5) is 5.69 Å². The van der Waals surface area contributed by atoms with Gasteiger partial charge in [0.25, 0.3) is 11.8 Å². The lowest BCUT2D eigenvalue weighted by Gasteiger charge is -2.19. The number of nitrogens with one attached hydrogen (secondary N) is 2. The molecule has 6 nitrogen and oxygen atoms in total. The number of ether oxygens (including phenoxy) is 2. The monoisotopic (exact) mass is 368 g/mol. The quantitative estimate of drug-likeness (QED) is 0.818. The van der Waals surface area contributed by atoms with Crippen LogP contribution in [0, 0.1) is 5.92 Å². The summed E-state index contributed by atoms with van der Waals surface area (Å²) in [5.74, 6) is 1.45. The number of fused-ring (bicyclic) bond motifs is 1. The van der Waals surface area contributed by atoms with Crippen LogP contribution in [0.2, 0.25) is 0 Å². The van der Waals surface area contributed by atoms with E-state index in [2.05, 4.69) is 24.5 Å². The molecule has 0 saturated heterocycles. The maximum absolute atomic E-state index is 12.4. The highest BCUT2D eigenvalue weighted by Crippen LogP contribution is 2.32. The van der Waals surface area contributed by atoms with E-state index in [-0.39, 0.29) is 11.8 Å². The summed E-state index contributed by atoms with van der Waals surface area (Å²) in [6.45, 7) is 5.88. The minimum atomic E-state index is -0.251. The van der Waals surface area contributed by atoms with Crippen LogP contribution in [-0.2, 0) is 0 Å². The number of hydrogen-bond acceptors (Lipinski definition) is 4. The summed E-state index contributed by atoms with van der Waals surface area (Å²) in [5, 5.41) is 5.71. The Morgan fingerprint density at radius 3 is 2.22 bits per heavy atom. The molecule has 1 heterocycles. The fourth-order valence-corrected chi connectivity index (χ4v) is 2.67. The lowest BCUT2D eigenvalue weighted by Crippen LogP contribution is -2.25. The Morgan fingerprint density at radius 2 is 1.56 bits per heavy atom. The Hall–Kier alpha value is -3.02. The number of hydrogen-bond donors (Lipinski definition) is 2. The number of rotatable bonds is 6. The molecule has 6 heteroatoms. The summed E-state index contributed by atoms with van der Waals surface area (Å²) < 4.78 is 11.0. The van der Waals surface area contributed by atoms with Crippen LogP contribution in [0.15, 0.2) is 42.5 Å². The normalized spacial score (nSPS) is 12.6. The molecule has 0 aromatic heterocycles. The maximum Gasteiger partial charge on any atom is 0.255 e. The average molecular weight is 368 g/mol. The van der Waals surface area contributed by atoms with Crippen molar-refractivity contribution in [2.75, 3.05) is 25.1 Å². The van der Waals surface area contributed by atoms with E-state index in [1.54, 1.807) is 42.5 Å². The van der Waals surface area contributed by atoms with Crippen LogP contribution in [0.3, 0.4) is 0 Å². The highest BCUT2D eigenvalue weighted by atomic mass is 16.6. The predicted octanol–water partition coefficient (Wildman–Crippen LogP) is 3.49. The molecule has 0 spiro atoms. The number of carbonyl (C=O) groups excluding carboxylic acids is 2. The van der Waals surface area contributed by atoms with Crippen molar-refractivity contribution >= 4 is 17.5 Å². The number of benzene rings is 2. The van der Waals surface area contributed by atoms with Gasteiger partial charge in [-0.2, -0.15) is 0 Å². The standard InChI is InChI=1S/C21H24N2O4/c1-14(2)9-10-22-20(24)15-3-5-16(6-4-15)21(25)23-17-7-8-18-19(13-17)27-12-11-26-18/h3-8,13-14H,9-12H2,1-2H3,(H,22,24)(H,23,25). The van der Waals surface area contributed by atoms with Crippen LogP contribution >= 0.6 is 0 Å². The summed E-state index contributed by atoms with van der Waals surface area (Å²) in [7, 11) is 0. The van der Waals surface area contributed by atoms with Crippen molar-refractivity contribution in [2.45, 2.75) is 20.3 Å². The molecule has 2 amide bonds. The van der Waals surface area contributed by atoms with Crippen LogP contribution in [0.1, 0.15) is 41.0 Å². The molecular weight excluding hydrogens is 344 g/mol. The Morgan fingerprint density at radius 1 is 0.926 bits per heavy atom. The number of amides is 2. The summed E-state index contributed by atoms with van der Waals surface area (Å²) >= 11 is 0. The molecule has 142 valence electrons. The van der Waals surface area contributed by atoms with Crippen LogP contribution in [-0.4, -0.2) is 31.6 Å². The first-order valence-electron chi connectivity index (χ1n) is 9.12. The SMILES string of the molecule is CC(C)CCNC(=O)c1ccc(C(=O)Nc2ccc3c(c2)OCCO3)cc1. The summed E-state index contributed by atoms with van der Waals surface area (Å²) in [6.07, 6.45) is 0.932. The highest BCUT2D eigenvalue weighted by molar-refractivity contribution is 6.05. The Labute approximate surface area is 158 Å². The van der Waals surface area contributed by atoms with Crippen molar-refractivity contribution in [3.63, 3.8) is 0 Å². The largest absolute Gasteiger partial charge is 0.486 e. The van der Waals surface area contributed by atoms with Crippen molar-refractivity contribution in [1.82, 2.24) is 5.32 Å². The molecule has 3 rings (SSSR count). The van der Waals surface area contributed by atoms with Gasteiger partial charge in [-0.3, -0.25) is 9.59 Å². The van der Waals surface area contributed by atoms with Gasteiger partial charge in [0.2, 0.25) is 0 Å². The van der Waals surface area contributed by atoms with Gasteiger partial charge >= 0.3 is 0 Å². The first-order valence-corrected chi connectivity index (χ1v) is 9.12. The molecule has 0 bridgehead atoms. The molecule has 0 atom stereocenters. The van der Waals surface area contributed by atoms with Gasteiger partial charge in [0.15, 0.2) is 11.5 Å². The van der Waals surface area contributed by atoms with E-state index < -0.39 is 0 Å². The summed E-state index contributed by atoms with van der Waals surface area (Å²) in [4.78, 5) is 24.5. The van der Waals surface area contributed by atoms with Crippen molar-refractivity contribution in [3.8, 4) is 11.5 Å². The third-order valence-corrected chi connectivity index (χ3v) is 4.22. The molecule has 0 aliphatic carbocycles. The Balaban J connectivity index is 1.59. The lowest BCUT2D eigenvalue weighted by atomic mass is 10.1. The Bertz CT molecular complexity index is 815. The van der Waals surface area contributed by atoms with E-state index in [1.165, 1.54) is 0 Å². The van der Waals surface area contributed by atoms with Crippen LogP contribution in [0.5, 0.6) is 11.5 Å². The first kappa shape index (κ1) is 18.8. The van der Waals surface area contributed by atoms with E-state index in [0.717, 1.165) is 6.42 Å². The molecule has 2 N–H and O–H groups in total. The molecule has 27 heavy (non-hydrogen) atoms. The van der Waals surface area contributed by atoms with Gasteiger partial charge < -0.3 is 20.1 Å². The molecule has 0 fully saturated rings. The van der Waals surface area contributed by atoms with Crippen LogP contribution in [0.25, 0.3) is 0 Å². The van der Waals surface area contributed by atoms with E-state index in [4.69, 9.17) is 9.47 Å². The smallest absolute Gasteiger partial charge is 0.255 e. The average Bonchev–Trinajstić information content (AvgIpc) is 2.67. The second kappa shape index (κ2) is 8.58. The molecular formula is C21H24N2O4. The van der Waals surface area contributed by atoms with Gasteiger partial charge in [-0.1, -0.05) is 13.8 Å². The minimum absolute atomic E-state index is 0.130. The number of anilines is 1. The first-order chi connectivity index (χ1) is 13.0. The van der Waals surface area contributed by atoms with Crippen molar-refractivity contribution in [1.29, 1.82) is 0 Å². The zero-order chi connectivity index (χ0) is 19.2. The van der Waals surface area contributed by atoms with E-state index in [1.807, 2.05) is 0 Å². The number of carbonyl (C=O) groups is 2. The second-order valence-electron chi connectivity index (χ2n) is 6.83. The third-order valence-electron chi connectivity index (χ3n) is 4.22. The Kier molecular flexibility index (Phi) is 5.96. The second-order valence-corrected chi connectivity index (χ2v) is 6.83. The van der Waals surface area contributed by atoms with E-state index >= 15 is 0 Å². The van der Waals surface area contributed by atoms with Gasteiger partial charge in [-0.05, 0) is 48.7 Å². The van der Waals surface area contributed by atoms with Gasteiger partial charge in [-0.25, -0.2) is 0 Å². The van der Waals surface area contributed by atoms with Gasteiger partial charge in [-0.15, -0.1) is 0 Å². The third kappa shape index (κ3) is 5.00. The molecule has 2 aromatic rings. The van der Waals surface area contributed by atoms with Gasteiger partial charge in [0, 0.05) is 29.4 Å². The molecule has 0 unspecified atom stereocenters.